The van der Waals surface area contributed by atoms with Crippen LogP contribution in [-0.2, 0) is 0 Å². The maximum absolute atomic E-state index is 13.6. The van der Waals surface area contributed by atoms with Crippen molar-refractivity contribution in [3.63, 3.8) is 0 Å². The molecule has 27 heavy (non-hydrogen) atoms. The van der Waals surface area contributed by atoms with E-state index in [9.17, 15) is 4.39 Å². The Hall–Kier alpha value is -3.53. The van der Waals surface area contributed by atoms with Gasteiger partial charge in [-0.1, -0.05) is 35.0 Å². The minimum atomic E-state index is -0.296. The molecule has 0 radical (unpaired) electrons. The predicted molar refractivity (Wildman–Crippen MR) is 104 cm³/mol. The van der Waals surface area contributed by atoms with Crippen molar-refractivity contribution < 1.29 is 13.5 Å². The summed E-state index contributed by atoms with van der Waals surface area (Å²) >= 11 is 0. The first kappa shape index (κ1) is 15.7. The molecular formula is C23H16FN2O+. The molecule has 5 rings (SSSR count). The lowest BCUT2D eigenvalue weighted by molar-refractivity contribution is -0.370. The molecule has 0 amide bonds. The average Bonchev–Trinajstić information content (AvgIpc) is 3.06. The number of aryl methyl sites for hydroxylation is 1. The second-order valence-corrected chi connectivity index (χ2v) is 6.66. The summed E-state index contributed by atoms with van der Waals surface area (Å²) in [5, 5.41) is 4.99. The number of benzene rings is 3. The van der Waals surface area contributed by atoms with Gasteiger partial charge in [0.2, 0.25) is 11.4 Å². The Balaban J connectivity index is 1.62. The topological polar surface area (TPSA) is 29.0 Å². The Morgan fingerprint density at radius 2 is 1.78 bits per heavy atom. The molecule has 0 aliphatic carbocycles. The predicted octanol–water partition coefficient (Wildman–Crippen LogP) is 5.60. The average molecular weight is 355 g/mol. The second-order valence-electron chi connectivity index (χ2n) is 6.66. The normalized spacial score (nSPS) is 13.3. The third kappa shape index (κ3) is 2.66. The van der Waals surface area contributed by atoms with Crippen molar-refractivity contribution in [2.24, 2.45) is 0 Å². The van der Waals surface area contributed by atoms with Gasteiger partial charge in [-0.3, -0.25) is 0 Å². The lowest BCUT2D eigenvalue weighted by Gasteiger charge is -2.09. The van der Waals surface area contributed by atoms with Gasteiger partial charge in [-0.25, -0.2) is 4.39 Å². The Morgan fingerprint density at radius 1 is 0.926 bits per heavy atom. The van der Waals surface area contributed by atoms with E-state index >= 15 is 0 Å². The van der Waals surface area contributed by atoms with Gasteiger partial charge in [-0.15, -0.1) is 0 Å². The fraction of sp³-hybridized carbons (Fsp3) is 0.0435. The molecule has 3 aromatic carbocycles. The third-order valence-electron chi connectivity index (χ3n) is 4.81. The zero-order valence-electron chi connectivity index (χ0n) is 14.7. The van der Waals surface area contributed by atoms with Crippen molar-refractivity contribution >= 4 is 22.3 Å². The van der Waals surface area contributed by atoms with Crippen molar-refractivity contribution in [1.29, 1.82) is 0 Å². The smallest absolute Gasteiger partial charge is 0.224 e. The number of allylic oxidation sites excluding steroid dienone is 1. The van der Waals surface area contributed by atoms with E-state index in [4.69, 9.17) is 4.52 Å². The summed E-state index contributed by atoms with van der Waals surface area (Å²) in [5.74, 6) is 0.284. The van der Waals surface area contributed by atoms with E-state index in [-0.39, 0.29) is 5.82 Å². The van der Waals surface area contributed by atoms with E-state index in [0.29, 0.717) is 11.3 Å². The fourth-order valence-corrected chi connectivity index (χ4v) is 3.33. The lowest BCUT2D eigenvalue weighted by atomic mass is 10.0. The quantitative estimate of drug-likeness (QED) is 0.447. The van der Waals surface area contributed by atoms with E-state index in [1.807, 2.05) is 30.5 Å². The molecular weight excluding hydrogens is 339 g/mol. The van der Waals surface area contributed by atoms with Crippen molar-refractivity contribution in [2.45, 2.75) is 6.92 Å². The van der Waals surface area contributed by atoms with E-state index in [0.717, 1.165) is 27.9 Å². The highest BCUT2D eigenvalue weighted by molar-refractivity contribution is 6.10. The van der Waals surface area contributed by atoms with Crippen LogP contribution in [0.4, 0.5) is 10.1 Å². The summed E-state index contributed by atoms with van der Waals surface area (Å²) in [6.45, 7) is 2.08. The standard InChI is InChI=1S/C23H16FN2O/c1-15-5-8-19(9-6-15)26-12-11-22(26)16-7-10-21-20(14-16)23(27-25-21)17-3-2-4-18(24)13-17/h2-14H,1H3/q+1. The Kier molecular flexibility index (Phi) is 3.50. The first-order valence-corrected chi connectivity index (χ1v) is 8.76. The molecule has 0 atom stereocenters. The summed E-state index contributed by atoms with van der Waals surface area (Å²) in [7, 11) is 0. The Morgan fingerprint density at radius 3 is 2.52 bits per heavy atom. The van der Waals surface area contributed by atoms with Crippen molar-refractivity contribution in [1.82, 2.24) is 5.16 Å². The maximum atomic E-state index is 13.6. The Labute approximate surface area is 155 Å². The van der Waals surface area contributed by atoms with Gasteiger partial charge in [0.1, 0.15) is 11.3 Å². The summed E-state index contributed by atoms with van der Waals surface area (Å²) in [6, 6.07) is 20.8. The largest absolute Gasteiger partial charge is 0.355 e. The summed E-state index contributed by atoms with van der Waals surface area (Å²) in [6.07, 6.45) is 4.13. The molecule has 1 aromatic heterocycles. The second kappa shape index (κ2) is 6.02. The zero-order chi connectivity index (χ0) is 18.4. The minimum absolute atomic E-state index is 0.296. The number of aromatic nitrogens is 1. The van der Waals surface area contributed by atoms with Crippen LogP contribution in [-0.4, -0.2) is 15.4 Å². The highest BCUT2D eigenvalue weighted by Gasteiger charge is 2.24. The number of fused-ring (bicyclic) bond motifs is 1. The van der Waals surface area contributed by atoms with Crippen LogP contribution in [0.25, 0.3) is 22.2 Å². The number of halogens is 1. The summed E-state index contributed by atoms with van der Waals surface area (Å²) in [4.78, 5) is 0. The number of nitrogens with zero attached hydrogens (tertiary/aromatic N) is 2. The minimum Gasteiger partial charge on any atom is -0.355 e. The number of hydrogen-bond acceptors (Lipinski definition) is 2. The van der Waals surface area contributed by atoms with Crippen LogP contribution in [0.15, 0.2) is 83.5 Å². The number of rotatable bonds is 3. The van der Waals surface area contributed by atoms with Crippen LogP contribution < -0.4 is 0 Å². The zero-order valence-corrected chi connectivity index (χ0v) is 14.7. The molecule has 0 unspecified atom stereocenters. The summed E-state index contributed by atoms with van der Waals surface area (Å²) in [5.41, 5.74) is 5.95. The van der Waals surface area contributed by atoms with Crippen LogP contribution in [0, 0.1) is 12.7 Å². The van der Waals surface area contributed by atoms with Gasteiger partial charge in [0.15, 0.2) is 12.0 Å². The third-order valence-corrected chi connectivity index (χ3v) is 4.81. The molecule has 0 bridgehead atoms. The van der Waals surface area contributed by atoms with Gasteiger partial charge in [0.25, 0.3) is 0 Å². The first-order chi connectivity index (χ1) is 13.2. The molecule has 4 aromatic rings. The van der Waals surface area contributed by atoms with Gasteiger partial charge in [-0.2, -0.15) is 4.58 Å². The molecule has 1 aliphatic heterocycles. The van der Waals surface area contributed by atoms with Crippen LogP contribution in [0.3, 0.4) is 0 Å². The van der Waals surface area contributed by atoms with Gasteiger partial charge >= 0.3 is 0 Å². The molecule has 0 N–H and O–H groups in total. The first-order valence-electron chi connectivity index (χ1n) is 8.76. The van der Waals surface area contributed by atoms with Crippen molar-refractivity contribution in [2.75, 3.05) is 0 Å². The van der Waals surface area contributed by atoms with E-state index < -0.39 is 0 Å². The van der Waals surface area contributed by atoms with Crippen LogP contribution >= 0.6 is 0 Å². The SMILES string of the molecule is Cc1ccc([N+]2=C(c3ccc4noc(-c5cccc(F)c5)c4c3)C=C2)cc1. The molecule has 0 spiro atoms. The highest BCUT2D eigenvalue weighted by atomic mass is 19.1. The molecule has 0 fully saturated rings. The van der Waals surface area contributed by atoms with Crippen LogP contribution in [0.1, 0.15) is 11.1 Å². The van der Waals surface area contributed by atoms with Gasteiger partial charge in [0.05, 0.1) is 11.5 Å². The highest BCUT2D eigenvalue weighted by Crippen LogP contribution is 2.31. The van der Waals surface area contributed by atoms with E-state index in [1.165, 1.54) is 17.7 Å². The van der Waals surface area contributed by atoms with Crippen LogP contribution in [0.2, 0.25) is 0 Å². The van der Waals surface area contributed by atoms with Gasteiger partial charge in [0, 0.05) is 23.3 Å². The lowest BCUT2D eigenvalue weighted by Crippen LogP contribution is -2.19. The maximum Gasteiger partial charge on any atom is 0.224 e. The fourth-order valence-electron chi connectivity index (χ4n) is 3.33. The monoisotopic (exact) mass is 355 g/mol. The molecule has 1 aliphatic rings. The molecule has 2 heterocycles. The van der Waals surface area contributed by atoms with Crippen molar-refractivity contribution in [3.8, 4) is 11.3 Å². The van der Waals surface area contributed by atoms with Crippen molar-refractivity contribution in [3.05, 3.63) is 96.0 Å². The van der Waals surface area contributed by atoms with Gasteiger partial charge < -0.3 is 4.52 Å². The number of hydrogen-bond donors (Lipinski definition) is 0. The Bertz CT molecular complexity index is 1230. The van der Waals surface area contributed by atoms with Crippen LogP contribution in [0.5, 0.6) is 0 Å². The summed E-state index contributed by atoms with van der Waals surface area (Å²) < 4.78 is 21.3. The molecule has 130 valence electrons. The molecule has 4 heteroatoms. The molecule has 0 saturated carbocycles. The van der Waals surface area contributed by atoms with Gasteiger partial charge in [-0.05, 0) is 37.3 Å². The molecule has 0 saturated heterocycles. The molecule has 3 nitrogen and oxygen atoms in total. The van der Waals surface area contributed by atoms with E-state index in [2.05, 4.69) is 47.0 Å². The van der Waals surface area contributed by atoms with E-state index in [1.54, 1.807) is 6.07 Å².